The molecule has 0 radical (unpaired) electrons. The molecule has 0 aromatic carbocycles. The Morgan fingerprint density at radius 2 is 1.80 bits per heavy atom. The van der Waals surface area contributed by atoms with E-state index >= 15 is 0 Å². The van der Waals surface area contributed by atoms with Crippen LogP contribution in [0, 0.1) is 10.8 Å². The van der Waals surface area contributed by atoms with Crippen LogP contribution in [0.15, 0.2) is 12.8 Å². The van der Waals surface area contributed by atoms with Crippen LogP contribution in [-0.2, 0) is 9.53 Å². The minimum absolute atomic E-state index is 0.0342. The van der Waals surface area contributed by atoms with Crippen LogP contribution >= 0.6 is 0 Å². The molecule has 1 aliphatic rings. The van der Waals surface area contributed by atoms with Crippen molar-refractivity contribution in [3.63, 3.8) is 0 Å². The van der Waals surface area contributed by atoms with Gasteiger partial charge < -0.3 is 4.74 Å². The van der Waals surface area contributed by atoms with Crippen molar-refractivity contribution < 1.29 is 9.53 Å². The van der Waals surface area contributed by atoms with Crippen LogP contribution in [0.1, 0.15) is 52.9 Å². The molecule has 0 heterocycles. The highest BCUT2D eigenvalue weighted by Gasteiger charge is 2.49. The topological polar surface area (TPSA) is 26.3 Å². The number of carbonyl (C=O) groups excluding carboxylic acids is 1. The van der Waals surface area contributed by atoms with Crippen molar-refractivity contribution in [2.24, 2.45) is 10.8 Å². The Labute approximate surface area is 92.7 Å². The lowest BCUT2D eigenvalue weighted by molar-refractivity contribution is -0.160. The van der Waals surface area contributed by atoms with Crippen molar-refractivity contribution in [2.75, 3.05) is 0 Å². The summed E-state index contributed by atoms with van der Waals surface area (Å²) in [6.45, 7) is 9.85. The van der Waals surface area contributed by atoms with Gasteiger partial charge >= 0.3 is 5.97 Å². The summed E-state index contributed by atoms with van der Waals surface area (Å²) in [4.78, 5) is 12.1. The molecule has 86 valence electrons. The Morgan fingerprint density at radius 3 is 2.20 bits per heavy atom. The van der Waals surface area contributed by atoms with E-state index in [9.17, 15) is 4.79 Å². The van der Waals surface area contributed by atoms with Crippen LogP contribution in [0.3, 0.4) is 0 Å². The molecule has 0 amide bonds. The van der Waals surface area contributed by atoms with E-state index in [1.807, 2.05) is 0 Å². The molecular weight excluding hydrogens is 188 g/mol. The number of hydrogen-bond acceptors (Lipinski definition) is 2. The fourth-order valence-corrected chi connectivity index (χ4v) is 2.60. The number of ether oxygens (including phenoxy) is 1. The smallest absolute Gasteiger partial charge is 0.317 e. The molecular formula is C13H22O2. The fourth-order valence-electron chi connectivity index (χ4n) is 2.60. The van der Waals surface area contributed by atoms with E-state index in [0.717, 1.165) is 25.7 Å². The van der Waals surface area contributed by atoms with Gasteiger partial charge in [-0.3, -0.25) is 4.79 Å². The van der Waals surface area contributed by atoms with E-state index in [0.29, 0.717) is 0 Å². The molecule has 0 N–H and O–H groups in total. The summed E-state index contributed by atoms with van der Waals surface area (Å²) in [6.07, 6.45) is 6.64. The van der Waals surface area contributed by atoms with E-state index in [2.05, 4.69) is 27.4 Å². The zero-order valence-electron chi connectivity index (χ0n) is 10.1. The second kappa shape index (κ2) is 4.38. The molecule has 0 saturated heterocycles. The molecule has 15 heavy (non-hydrogen) atoms. The number of esters is 1. The molecule has 0 bridgehead atoms. The summed E-state index contributed by atoms with van der Waals surface area (Å²) in [7, 11) is 0. The quantitative estimate of drug-likeness (QED) is 0.513. The zero-order valence-corrected chi connectivity index (χ0v) is 10.1. The maximum absolute atomic E-state index is 12.1. The van der Waals surface area contributed by atoms with E-state index in [-0.39, 0.29) is 16.8 Å². The molecule has 1 rings (SSSR count). The van der Waals surface area contributed by atoms with Crippen molar-refractivity contribution in [3.8, 4) is 0 Å². The lowest BCUT2D eigenvalue weighted by atomic mass is 9.59. The van der Waals surface area contributed by atoms with Gasteiger partial charge in [0.1, 0.15) is 0 Å². The predicted octanol–water partition coefficient (Wildman–Crippen LogP) is 3.67. The number of rotatable bonds is 2. The highest BCUT2D eigenvalue weighted by Crippen LogP contribution is 2.50. The van der Waals surface area contributed by atoms with Gasteiger partial charge in [-0.05, 0) is 18.3 Å². The third-order valence-electron chi connectivity index (χ3n) is 3.72. The van der Waals surface area contributed by atoms with Crippen LogP contribution in [-0.4, -0.2) is 5.97 Å². The van der Waals surface area contributed by atoms with E-state index < -0.39 is 0 Å². The van der Waals surface area contributed by atoms with Gasteiger partial charge in [-0.15, -0.1) is 0 Å². The summed E-state index contributed by atoms with van der Waals surface area (Å²) >= 11 is 0. The Hall–Kier alpha value is -0.790. The maximum atomic E-state index is 12.1. The number of hydrogen-bond donors (Lipinski definition) is 0. The molecule has 0 aromatic rings. The van der Waals surface area contributed by atoms with Gasteiger partial charge in [0.05, 0.1) is 11.7 Å². The average molecular weight is 210 g/mol. The van der Waals surface area contributed by atoms with E-state index in [1.54, 1.807) is 0 Å². The molecule has 2 nitrogen and oxygen atoms in total. The molecule has 1 fully saturated rings. The van der Waals surface area contributed by atoms with Gasteiger partial charge in [0.25, 0.3) is 0 Å². The lowest BCUT2D eigenvalue weighted by Gasteiger charge is -2.44. The summed E-state index contributed by atoms with van der Waals surface area (Å²) in [5.41, 5.74) is -0.340. The first-order valence-electron chi connectivity index (χ1n) is 5.76. The number of carbonyl (C=O) groups is 1. The standard InChI is InChI=1S/C13H22O2/c1-5-15-11(14)13(12(2,3)4)9-7-6-8-10-13/h5H,1,6-10H2,2-4H3. The maximum Gasteiger partial charge on any atom is 0.317 e. The van der Waals surface area contributed by atoms with Crippen LogP contribution in [0.25, 0.3) is 0 Å². The van der Waals surface area contributed by atoms with Crippen LogP contribution in [0.4, 0.5) is 0 Å². The first kappa shape index (κ1) is 12.3. The molecule has 1 aliphatic carbocycles. The van der Waals surface area contributed by atoms with Gasteiger partial charge in [-0.2, -0.15) is 0 Å². The molecule has 1 saturated carbocycles. The van der Waals surface area contributed by atoms with E-state index in [4.69, 9.17) is 4.74 Å². The monoisotopic (exact) mass is 210 g/mol. The molecule has 0 unspecified atom stereocenters. The molecule has 0 aliphatic heterocycles. The highest BCUT2D eigenvalue weighted by molar-refractivity contribution is 5.78. The lowest BCUT2D eigenvalue weighted by Crippen LogP contribution is -2.45. The van der Waals surface area contributed by atoms with Crippen molar-refractivity contribution in [1.82, 2.24) is 0 Å². The summed E-state index contributed by atoms with van der Waals surface area (Å²) < 4.78 is 5.04. The molecule has 2 heteroatoms. The van der Waals surface area contributed by atoms with Crippen LogP contribution in [0.2, 0.25) is 0 Å². The third kappa shape index (κ3) is 2.24. The van der Waals surface area contributed by atoms with Crippen molar-refractivity contribution >= 4 is 5.97 Å². The minimum Gasteiger partial charge on any atom is -0.435 e. The van der Waals surface area contributed by atoms with Gasteiger partial charge in [-0.25, -0.2) is 0 Å². The largest absolute Gasteiger partial charge is 0.435 e. The first-order valence-corrected chi connectivity index (χ1v) is 5.76. The average Bonchev–Trinajstić information content (AvgIpc) is 2.17. The molecule has 0 atom stereocenters. The Balaban J connectivity index is 2.94. The van der Waals surface area contributed by atoms with Gasteiger partial charge in [-0.1, -0.05) is 46.6 Å². The third-order valence-corrected chi connectivity index (χ3v) is 3.72. The highest BCUT2D eigenvalue weighted by atomic mass is 16.5. The second-order valence-corrected chi connectivity index (χ2v) is 5.46. The summed E-state index contributed by atoms with van der Waals surface area (Å²) in [5.74, 6) is -0.0929. The first-order chi connectivity index (χ1) is 6.94. The second-order valence-electron chi connectivity index (χ2n) is 5.46. The normalized spacial score (nSPS) is 20.7. The van der Waals surface area contributed by atoms with Crippen molar-refractivity contribution in [2.45, 2.75) is 52.9 Å². The van der Waals surface area contributed by atoms with Gasteiger partial charge in [0, 0.05) is 0 Å². The Morgan fingerprint density at radius 1 is 1.27 bits per heavy atom. The Bertz CT molecular complexity index is 242. The minimum atomic E-state index is -0.306. The van der Waals surface area contributed by atoms with Crippen molar-refractivity contribution in [3.05, 3.63) is 12.8 Å². The fraction of sp³-hybridized carbons (Fsp3) is 0.769. The SMILES string of the molecule is C=COC(=O)C1(C(C)(C)C)CCCCC1. The van der Waals surface area contributed by atoms with Crippen LogP contribution < -0.4 is 0 Å². The van der Waals surface area contributed by atoms with Gasteiger partial charge in [0.15, 0.2) is 0 Å². The van der Waals surface area contributed by atoms with Crippen LogP contribution in [0.5, 0.6) is 0 Å². The predicted molar refractivity (Wildman–Crippen MR) is 61.3 cm³/mol. The summed E-state index contributed by atoms with van der Waals surface area (Å²) in [6, 6.07) is 0. The van der Waals surface area contributed by atoms with E-state index in [1.165, 1.54) is 12.7 Å². The van der Waals surface area contributed by atoms with Gasteiger partial charge in [0.2, 0.25) is 0 Å². The molecule has 0 spiro atoms. The Kier molecular flexibility index (Phi) is 3.58. The zero-order chi connectivity index (χ0) is 11.5. The van der Waals surface area contributed by atoms with Crippen molar-refractivity contribution in [1.29, 1.82) is 0 Å². The molecule has 0 aromatic heterocycles. The summed E-state index contributed by atoms with van der Waals surface area (Å²) in [5, 5.41) is 0.